The van der Waals surface area contributed by atoms with Crippen LogP contribution in [0.5, 0.6) is 0 Å². The third-order valence-electron chi connectivity index (χ3n) is 1.03. The van der Waals surface area contributed by atoms with Crippen LogP contribution in [0.25, 0.3) is 0 Å². The zero-order valence-electron chi connectivity index (χ0n) is 4.64. The summed E-state index contributed by atoms with van der Waals surface area (Å²) in [4.78, 5) is 9.93. The molecular weight excluding hydrogens is 132 g/mol. The first kappa shape index (κ1) is 11.5. The van der Waals surface area contributed by atoms with E-state index in [1.807, 2.05) is 6.92 Å². The van der Waals surface area contributed by atoms with Crippen LogP contribution >= 0.6 is 0 Å². The Morgan fingerprint density at radius 1 is 1.75 bits per heavy atom. The van der Waals surface area contributed by atoms with E-state index in [9.17, 15) is 4.79 Å². The van der Waals surface area contributed by atoms with Gasteiger partial charge >= 0.3 is 43.7 Å². The second-order valence-electron chi connectivity index (χ2n) is 1.65. The number of carboxylic acids is 1. The second kappa shape index (κ2) is 5.86. The first-order valence-electron chi connectivity index (χ1n) is 2.41. The summed E-state index contributed by atoms with van der Waals surface area (Å²) in [5.41, 5.74) is 0. The van der Waals surface area contributed by atoms with E-state index in [1.54, 1.807) is 6.92 Å². The molecule has 0 fully saturated rings. The fourth-order valence-electron chi connectivity index (χ4n) is 0.175. The Morgan fingerprint density at radius 3 is 2.12 bits per heavy atom. The summed E-state index contributed by atoms with van der Waals surface area (Å²) in [7, 11) is 0. The normalized spacial score (nSPS) is 11.8. The Labute approximate surface area is 79.3 Å². The van der Waals surface area contributed by atoms with Crippen LogP contribution in [0.2, 0.25) is 0 Å². The van der Waals surface area contributed by atoms with E-state index in [-0.39, 0.29) is 43.7 Å². The summed E-state index contributed by atoms with van der Waals surface area (Å²) in [6, 6.07) is 0. The maximum absolute atomic E-state index is 9.93. The fraction of sp³-hybridized carbons (Fsp3) is 0.800. The van der Waals surface area contributed by atoms with Gasteiger partial charge in [-0.15, -0.1) is 0 Å². The van der Waals surface area contributed by atoms with Gasteiger partial charge in [0.05, 0.1) is 5.92 Å². The van der Waals surface area contributed by atoms with Gasteiger partial charge in [0.25, 0.3) is 0 Å². The quantitative estimate of drug-likeness (QED) is 0.562. The summed E-state index contributed by atoms with van der Waals surface area (Å²) < 4.78 is 0. The molecule has 0 saturated heterocycles. The van der Waals surface area contributed by atoms with Gasteiger partial charge in [0, 0.05) is 0 Å². The number of hydrogen-bond donors (Lipinski definition) is 1. The molecule has 0 heterocycles. The molecule has 0 aromatic rings. The van der Waals surface area contributed by atoms with Crippen molar-refractivity contribution in [2.24, 2.45) is 5.92 Å². The molecule has 0 aliphatic heterocycles. The molecule has 1 atom stereocenters. The monoisotopic (exact) mass is 144 g/mol. The molecule has 0 rings (SSSR count). The Hall–Kier alpha value is 0.730. The summed E-state index contributed by atoms with van der Waals surface area (Å²) in [6.45, 7) is 3.56. The van der Waals surface area contributed by atoms with Gasteiger partial charge in [-0.25, -0.2) is 0 Å². The molecule has 46 valence electrons. The summed E-state index contributed by atoms with van der Waals surface area (Å²) in [5, 5.41) is 8.18. The van der Waals surface area contributed by atoms with Gasteiger partial charge in [0.15, 0.2) is 0 Å². The van der Waals surface area contributed by atoms with E-state index in [1.165, 1.54) is 0 Å². The molecular formula is C5H12CaO2. The Kier molecular flexibility index (Phi) is 8.43. The maximum atomic E-state index is 9.93. The SMILES string of the molecule is CCC(C)C(=O)O.[CaH2]. The zero-order valence-corrected chi connectivity index (χ0v) is 4.64. The third-order valence-corrected chi connectivity index (χ3v) is 1.03. The van der Waals surface area contributed by atoms with Gasteiger partial charge in [0.1, 0.15) is 0 Å². The molecule has 0 aliphatic rings. The van der Waals surface area contributed by atoms with Gasteiger partial charge in [-0.05, 0) is 6.42 Å². The molecule has 2 nitrogen and oxygen atoms in total. The van der Waals surface area contributed by atoms with Crippen LogP contribution in [-0.4, -0.2) is 48.8 Å². The van der Waals surface area contributed by atoms with Crippen molar-refractivity contribution in [3.05, 3.63) is 0 Å². The number of carboxylic acid groups (broad SMARTS) is 1. The standard InChI is InChI=1S/C5H10O2.Ca.2H/c1-3-4(2)5(6)7;;;/h4H,3H2,1-2H3,(H,6,7);;;. The van der Waals surface area contributed by atoms with Crippen LogP contribution in [0.4, 0.5) is 0 Å². The van der Waals surface area contributed by atoms with E-state index >= 15 is 0 Å². The van der Waals surface area contributed by atoms with Crippen molar-refractivity contribution in [2.45, 2.75) is 20.3 Å². The summed E-state index contributed by atoms with van der Waals surface area (Å²) >= 11 is 0. The molecule has 0 bridgehead atoms. The second-order valence-corrected chi connectivity index (χ2v) is 1.65. The van der Waals surface area contributed by atoms with Crippen molar-refractivity contribution >= 4 is 43.7 Å². The molecule has 0 spiro atoms. The van der Waals surface area contributed by atoms with Gasteiger partial charge in [-0.2, -0.15) is 0 Å². The van der Waals surface area contributed by atoms with E-state index in [0.29, 0.717) is 0 Å². The van der Waals surface area contributed by atoms with Crippen molar-refractivity contribution in [1.29, 1.82) is 0 Å². The van der Waals surface area contributed by atoms with Gasteiger partial charge in [-0.3, -0.25) is 4.79 Å². The van der Waals surface area contributed by atoms with Crippen LogP contribution < -0.4 is 0 Å². The predicted octanol–water partition coefficient (Wildman–Crippen LogP) is 0.201. The first-order valence-corrected chi connectivity index (χ1v) is 2.41. The van der Waals surface area contributed by atoms with Gasteiger partial charge in [0.2, 0.25) is 0 Å². The first-order chi connectivity index (χ1) is 3.18. The molecule has 1 N–H and O–H groups in total. The average Bonchev–Trinajstić information content (AvgIpc) is 1.65. The Morgan fingerprint density at radius 2 is 2.12 bits per heavy atom. The third kappa shape index (κ3) is 4.88. The van der Waals surface area contributed by atoms with Crippen molar-refractivity contribution < 1.29 is 9.90 Å². The fourth-order valence-corrected chi connectivity index (χ4v) is 0.175. The predicted molar refractivity (Wildman–Crippen MR) is 35.6 cm³/mol. The minimum absolute atomic E-state index is 0. The van der Waals surface area contributed by atoms with Crippen LogP contribution in [0.3, 0.4) is 0 Å². The van der Waals surface area contributed by atoms with Gasteiger partial charge in [-0.1, -0.05) is 13.8 Å². The molecule has 0 amide bonds. The molecule has 0 radical (unpaired) electrons. The minimum atomic E-state index is -0.706. The molecule has 0 aliphatic carbocycles. The van der Waals surface area contributed by atoms with Crippen LogP contribution in [0.1, 0.15) is 20.3 Å². The van der Waals surface area contributed by atoms with Crippen LogP contribution in [0.15, 0.2) is 0 Å². The molecule has 8 heavy (non-hydrogen) atoms. The van der Waals surface area contributed by atoms with Gasteiger partial charge < -0.3 is 5.11 Å². The molecule has 1 unspecified atom stereocenters. The zero-order chi connectivity index (χ0) is 5.86. The Balaban J connectivity index is 0. The molecule has 0 aromatic heterocycles. The summed E-state index contributed by atoms with van der Waals surface area (Å²) in [6.07, 6.45) is 0.718. The van der Waals surface area contributed by atoms with Crippen LogP contribution in [-0.2, 0) is 4.79 Å². The van der Waals surface area contributed by atoms with E-state index in [0.717, 1.165) is 6.42 Å². The molecule has 0 aromatic carbocycles. The van der Waals surface area contributed by atoms with E-state index < -0.39 is 5.97 Å². The topological polar surface area (TPSA) is 37.3 Å². The van der Waals surface area contributed by atoms with Crippen molar-refractivity contribution in [2.75, 3.05) is 0 Å². The number of rotatable bonds is 2. The van der Waals surface area contributed by atoms with Crippen molar-refractivity contribution in [3.8, 4) is 0 Å². The number of aliphatic carboxylic acids is 1. The Bertz CT molecular complexity index is 72.8. The average molecular weight is 144 g/mol. The number of carbonyl (C=O) groups is 1. The van der Waals surface area contributed by atoms with Crippen molar-refractivity contribution in [3.63, 3.8) is 0 Å². The summed E-state index contributed by atoms with van der Waals surface area (Å²) in [5.74, 6) is -0.887. The van der Waals surface area contributed by atoms with Crippen LogP contribution in [0, 0.1) is 5.92 Å². The van der Waals surface area contributed by atoms with E-state index in [4.69, 9.17) is 5.11 Å². The molecule has 3 heteroatoms. The van der Waals surface area contributed by atoms with Crippen molar-refractivity contribution in [1.82, 2.24) is 0 Å². The number of hydrogen-bond acceptors (Lipinski definition) is 1. The molecule has 0 saturated carbocycles. The van der Waals surface area contributed by atoms with E-state index in [2.05, 4.69) is 0 Å².